The van der Waals surface area contributed by atoms with Crippen molar-refractivity contribution in [1.29, 1.82) is 0 Å². The van der Waals surface area contributed by atoms with Crippen molar-refractivity contribution in [3.05, 3.63) is 11.1 Å². The highest BCUT2D eigenvalue weighted by Crippen LogP contribution is 1.97. The Morgan fingerprint density at radius 3 is 1.71 bits per heavy atom. The predicted octanol–water partition coefficient (Wildman–Crippen LogP) is 1.33. The van der Waals surface area contributed by atoms with Crippen LogP contribution in [0.3, 0.4) is 0 Å². The minimum absolute atomic E-state index is 0.197. The van der Waals surface area contributed by atoms with Gasteiger partial charge in [0, 0.05) is 0 Å². The number of rotatable bonds is 1. The number of hydrogen-bond donors (Lipinski definition) is 1. The highest BCUT2D eigenvalue weighted by molar-refractivity contribution is 5.05. The predicted molar refractivity (Wildman–Crippen MR) is 31.1 cm³/mol. The summed E-state index contributed by atoms with van der Waals surface area (Å²) in [6.07, 6.45) is 0. The Morgan fingerprint density at radius 2 is 1.71 bits per heavy atom. The van der Waals surface area contributed by atoms with Gasteiger partial charge in [0.1, 0.15) is 0 Å². The third kappa shape index (κ3) is 2.40. The van der Waals surface area contributed by atoms with Crippen LogP contribution in [0.5, 0.6) is 0 Å². The Labute approximate surface area is 44.7 Å². The van der Waals surface area contributed by atoms with E-state index in [2.05, 4.69) is 0 Å². The van der Waals surface area contributed by atoms with Gasteiger partial charge in [0.05, 0.1) is 6.61 Å². The largest absolute Gasteiger partial charge is 0.392 e. The molecule has 0 heterocycles. The lowest BCUT2D eigenvalue weighted by atomic mass is 10.2. The molecule has 0 spiro atoms. The van der Waals surface area contributed by atoms with Crippen LogP contribution in [0.25, 0.3) is 0 Å². The molecule has 0 atom stereocenters. The summed E-state index contributed by atoms with van der Waals surface area (Å²) >= 11 is 0. The molecule has 0 rings (SSSR count). The Morgan fingerprint density at radius 1 is 1.29 bits per heavy atom. The molecule has 0 amide bonds. The average molecular weight is 100 g/mol. The molecule has 0 saturated carbocycles. The Balaban J connectivity index is 3.72. The van der Waals surface area contributed by atoms with Gasteiger partial charge in [-0.25, -0.2) is 0 Å². The molecule has 1 heteroatoms. The molecular weight excluding hydrogens is 88.1 g/mol. The van der Waals surface area contributed by atoms with Crippen molar-refractivity contribution in [2.45, 2.75) is 20.8 Å². The van der Waals surface area contributed by atoms with E-state index in [0.717, 1.165) is 5.57 Å². The first kappa shape index (κ1) is 6.70. The van der Waals surface area contributed by atoms with Gasteiger partial charge < -0.3 is 5.11 Å². The zero-order chi connectivity index (χ0) is 5.86. The minimum Gasteiger partial charge on any atom is -0.392 e. The van der Waals surface area contributed by atoms with Crippen LogP contribution in [-0.4, -0.2) is 11.7 Å². The van der Waals surface area contributed by atoms with Crippen molar-refractivity contribution in [1.82, 2.24) is 0 Å². The maximum atomic E-state index is 8.45. The summed E-state index contributed by atoms with van der Waals surface area (Å²) in [5.74, 6) is 0. The van der Waals surface area contributed by atoms with Crippen LogP contribution in [0.1, 0.15) is 20.8 Å². The molecule has 1 N–H and O–H groups in total. The van der Waals surface area contributed by atoms with E-state index in [1.807, 2.05) is 20.8 Å². The molecule has 0 aliphatic heterocycles. The van der Waals surface area contributed by atoms with E-state index in [4.69, 9.17) is 5.11 Å². The van der Waals surface area contributed by atoms with Gasteiger partial charge in [-0.1, -0.05) is 5.57 Å². The van der Waals surface area contributed by atoms with Crippen molar-refractivity contribution in [2.24, 2.45) is 0 Å². The first-order chi connectivity index (χ1) is 3.18. The maximum absolute atomic E-state index is 8.45. The smallest absolute Gasteiger partial charge is 0.0641 e. The fraction of sp³-hybridized carbons (Fsp3) is 0.667. The van der Waals surface area contributed by atoms with Crippen LogP contribution in [0.2, 0.25) is 0 Å². The van der Waals surface area contributed by atoms with Crippen LogP contribution in [0, 0.1) is 0 Å². The lowest BCUT2D eigenvalue weighted by Gasteiger charge is -1.94. The molecule has 0 unspecified atom stereocenters. The van der Waals surface area contributed by atoms with E-state index in [1.54, 1.807) is 0 Å². The zero-order valence-corrected chi connectivity index (χ0v) is 5.15. The molecular formula is C6H12O. The van der Waals surface area contributed by atoms with Gasteiger partial charge in [0.2, 0.25) is 0 Å². The summed E-state index contributed by atoms with van der Waals surface area (Å²) in [6.45, 7) is 6.11. The molecule has 0 aromatic rings. The summed E-state index contributed by atoms with van der Waals surface area (Å²) in [5, 5.41) is 8.45. The zero-order valence-electron chi connectivity index (χ0n) is 5.15. The summed E-state index contributed by atoms with van der Waals surface area (Å²) in [4.78, 5) is 0. The quantitative estimate of drug-likeness (QED) is 0.493. The van der Waals surface area contributed by atoms with Crippen LogP contribution < -0.4 is 0 Å². The van der Waals surface area contributed by atoms with E-state index >= 15 is 0 Å². The normalized spacial score (nSPS) is 8.57. The van der Waals surface area contributed by atoms with E-state index in [9.17, 15) is 0 Å². The third-order valence-corrected chi connectivity index (χ3v) is 1.09. The van der Waals surface area contributed by atoms with Crippen LogP contribution in [-0.2, 0) is 0 Å². The molecule has 7 heavy (non-hydrogen) atoms. The number of hydrogen-bond acceptors (Lipinski definition) is 1. The second kappa shape index (κ2) is 2.80. The molecule has 0 radical (unpaired) electrons. The highest BCUT2D eigenvalue weighted by Gasteiger charge is 1.84. The van der Waals surface area contributed by atoms with Crippen molar-refractivity contribution in [3.8, 4) is 0 Å². The fourth-order valence-electron chi connectivity index (χ4n) is 0.158. The minimum atomic E-state index is 0.197. The van der Waals surface area contributed by atoms with Crippen molar-refractivity contribution < 1.29 is 5.11 Å². The molecule has 0 bridgehead atoms. The van der Waals surface area contributed by atoms with Gasteiger partial charge in [-0.3, -0.25) is 0 Å². The van der Waals surface area contributed by atoms with Gasteiger partial charge in [0.15, 0.2) is 0 Å². The lowest BCUT2D eigenvalue weighted by molar-refractivity contribution is 0.330. The van der Waals surface area contributed by atoms with Gasteiger partial charge in [0.25, 0.3) is 0 Å². The topological polar surface area (TPSA) is 20.2 Å². The molecule has 0 aromatic heterocycles. The average Bonchev–Trinajstić information content (AvgIpc) is 1.65. The number of aliphatic hydroxyl groups excluding tert-OH is 1. The third-order valence-electron chi connectivity index (χ3n) is 1.09. The summed E-state index contributed by atoms with van der Waals surface area (Å²) in [7, 11) is 0. The number of allylic oxidation sites excluding steroid dienone is 1. The van der Waals surface area contributed by atoms with E-state index in [-0.39, 0.29) is 6.61 Å². The summed E-state index contributed by atoms with van der Waals surface area (Å²) in [5.41, 5.74) is 2.28. The molecule has 0 saturated heterocycles. The van der Waals surface area contributed by atoms with Crippen LogP contribution >= 0.6 is 0 Å². The fourth-order valence-corrected chi connectivity index (χ4v) is 0.158. The van der Waals surface area contributed by atoms with Gasteiger partial charge in [-0.05, 0) is 26.3 Å². The van der Waals surface area contributed by atoms with E-state index < -0.39 is 0 Å². The molecule has 0 aromatic carbocycles. The second-order valence-corrected chi connectivity index (χ2v) is 1.94. The van der Waals surface area contributed by atoms with Crippen LogP contribution in [0.15, 0.2) is 11.1 Å². The first-order valence-electron chi connectivity index (χ1n) is 2.42. The molecule has 0 aliphatic carbocycles. The second-order valence-electron chi connectivity index (χ2n) is 1.94. The maximum Gasteiger partial charge on any atom is 0.0641 e. The first-order valence-corrected chi connectivity index (χ1v) is 2.42. The molecule has 1 nitrogen and oxygen atoms in total. The Bertz CT molecular complexity index is 78.2. The van der Waals surface area contributed by atoms with E-state index in [1.165, 1.54) is 5.57 Å². The van der Waals surface area contributed by atoms with Crippen molar-refractivity contribution >= 4 is 0 Å². The van der Waals surface area contributed by atoms with Crippen molar-refractivity contribution in [3.63, 3.8) is 0 Å². The summed E-state index contributed by atoms with van der Waals surface area (Å²) < 4.78 is 0. The van der Waals surface area contributed by atoms with Crippen molar-refractivity contribution in [2.75, 3.05) is 6.61 Å². The highest BCUT2D eigenvalue weighted by atomic mass is 16.3. The SMILES string of the molecule is CC(C)=C(C)CO. The molecule has 0 aliphatic rings. The molecule has 0 fully saturated rings. The van der Waals surface area contributed by atoms with E-state index in [0.29, 0.717) is 0 Å². The Kier molecular flexibility index (Phi) is 2.68. The van der Waals surface area contributed by atoms with Crippen LogP contribution in [0.4, 0.5) is 0 Å². The summed E-state index contributed by atoms with van der Waals surface area (Å²) in [6, 6.07) is 0. The standard InChI is InChI=1S/C6H12O/c1-5(2)6(3)4-7/h7H,4H2,1-3H3. The Hall–Kier alpha value is -0.300. The van der Waals surface area contributed by atoms with Gasteiger partial charge >= 0.3 is 0 Å². The monoisotopic (exact) mass is 100 g/mol. The van der Waals surface area contributed by atoms with Gasteiger partial charge in [-0.15, -0.1) is 0 Å². The number of aliphatic hydroxyl groups is 1. The lowest BCUT2D eigenvalue weighted by Crippen LogP contribution is -1.85. The van der Waals surface area contributed by atoms with Gasteiger partial charge in [-0.2, -0.15) is 0 Å². The molecule has 42 valence electrons.